The van der Waals surface area contributed by atoms with Crippen molar-refractivity contribution in [3.8, 4) is 0 Å². The maximum atomic E-state index is 12.2. The average Bonchev–Trinajstić information content (AvgIpc) is 2.80. The summed E-state index contributed by atoms with van der Waals surface area (Å²) >= 11 is 0. The second kappa shape index (κ2) is 6.00. The Bertz CT molecular complexity index is 520. The van der Waals surface area contributed by atoms with Crippen molar-refractivity contribution in [3.63, 3.8) is 0 Å². The van der Waals surface area contributed by atoms with Gasteiger partial charge in [-0.15, -0.1) is 0 Å². The van der Waals surface area contributed by atoms with E-state index >= 15 is 0 Å². The van der Waals surface area contributed by atoms with E-state index in [4.69, 9.17) is 9.84 Å². The van der Waals surface area contributed by atoms with Crippen LogP contribution in [-0.2, 0) is 21.4 Å². The third kappa shape index (κ3) is 3.33. The van der Waals surface area contributed by atoms with Gasteiger partial charge in [-0.25, -0.2) is 13.1 Å². The number of aliphatic hydroxyl groups is 1. The molecule has 1 atom stereocenters. The van der Waals surface area contributed by atoms with Crippen molar-refractivity contribution < 1.29 is 18.3 Å². The first-order valence-corrected chi connectivity index (χ1v) is 7.75. The van der Waals surface area contributed by atoms with Gasteiger partial charge in [0.05, 0.1) is 18.9 Å². The number of nitrogens with zero attached hydrogens (tertiary/aromatic N) is 1. The first-order valence-electron chi connectivity index (χ1n) is 6.26. The summed E-state index contributed by atoms with van der Waals surface area (Å²) in [5, 5.41) is 15.5. The van der Waals surface area contributed by atoms with Gasteiger partial charge in [0, 0.05) is 13.2 Å². The fraction of sp³-hybridized carbons (Fsp3) is 0.727. The number of H-pyrrole nitrogens is 1. The maximum absolute atomic E-state index is 12.2. The number of aryl methyl sites for hydroxylation is 1. The molecule has 1 aromatic rings. The zero-order valence-corrected chi connectivity index (χ0v) is 11.7. The molecule has 1 aromatic heterocycles. The lowest BCUT2D eigenvalue weighted by Gasteiger charge is -2.22. The van der Waals surface area contributed by atoms with Crippen molar-refractivity contribution in [1.29, 1.82) is 0 Å². The van der Waals surface area contributed by atoms with Crippen LogP contribution in [0.1, 0.15) is 24.2 Å². The molecule has 0 aromatic carbocycles. The molecule has 1 unspecified atom stereocenters. The van der Waals surface area contributed by atoms with Crippen LogP contribution in [0.5, 0.6) is 0 Å². The van der Waals surface area contributed by atoms with Crippen molar-refractivity contribution in [2.45, 2.75) is 31.3 Å². The highest BCUT2D eigenvalue weighted by Crippen LogP contribution is 2.18. The van der Waals surface area contributed by atoms with Gasteiger partial charge in [0.1, 0.15) is 10.6 Å². The highest BCUT2D eigenvalue weighted by molar-refractivity contribution is 7.89. The van der Waals surface area contributed by atoms with Crippen LogP contribution < -0.4 is 4.72 Å². The fourth-order valence-corrected chi connectivity index (χ4v) is 3.67. The summed E-state index contributed by atoms with van der Waals surface area (Å²) in [6, 6.07) is 0. The molecule has 1 saturated heterocycles. The molecule has 7 nitrogen and oxygen atoms in total. The van der Waals surface area contributed by atoms with Crippen LogP contribution in [0.2, 0.25) is 0 Å². The summed E-state index contributed by atoms with van der Waals surface area (Å²) in [6.07, 6.45) is 1.92. The number of nitrogens with one attached hydrogen (secondary N) is 2. The lowest BCUT2D eigenvalue weighted by Crippen LogP contribution is -2.33. The number of hydrogen-bond donors (Lipinski definition) is 3. The highest BCUT2D eigenvalue weighted by atomic mass is 32.2. The Balaban J connectivity index is 2.07. The van der Waals surface area contributed by atoms with E-state index in [0.29, 0.717) is 18.8 Å². The zero-order valence-electron chi connectivity index (χ0n) is 10.8. The van der Waals surface area contributed by atoms with Crippen LogP contribution in [-0.4, -0.2) is 43.5 Å². The Morgan fingerprint density at radius 3 is 3.00 bits per heavy atom. The molecular weight excluding hydrogens is 270 g/mol. The van der Waals surface area contributed by atoms with E-state index in [1.165, 1.54) is 0 Å². The molecule has 8 heteroatoms. The lowest BCUT2D eigenvalue weighted by atomic mass is 10.0. The summed E-state index contributed by atoms with van der Waals surface area (Å²) in [7, 11) is -3.65. The summed E-state index contributed by atoms with van der Waals surface area (Å²) in [5.41, 5.74) is 0.571. The quantitative estimate of drug-likeness (QED) is 0.703. The summed E-state index contributed by atoms with van der Waals surface area (Å²) in [4.78, 5) is 0.0479. The molecule has 0 amide bonds. The Morgan fingerprint density at radius 1 is 1.58 bits per heavy atom. The van der Waals surface area contributed by atoms with Gasteiger partial charge < -0.3 is 9.84 Å². The van der Waals surface area contributed by atoms with E-state index in [1.54, 1.807) is 6.92 Å². The predicted octanol–water partition coefficient (Wildman–Crippen LogP) is -0.0847. The van der Waals surface area contributed by atoms with Gasteiger partial charge in [0.15, 0.2) is 0 Å². The van der Waals surface area contributed by atoms with Crippen LogP contribution in [0.4, 0.5) is 0 Å². The topological polar surface area (TPSA) is 104 Å². The molecule has 2 rings (SSSR count). The Morgan fingerprint density at radius 2 is 2.37 bits per heavy atom. The lowest BCUT2D eigenvalue weighted by molar-refractivity contribution is 0.0568. The van der Waals surface area contributed by atoms with Gasteiger partial charge in [-0.1, -0.05) is 0 Å². The minimum Gasteiger partial charge on any atom is -0.390 e. The minimum absolute atomic E-state index is 0.0479. The van der Waals surface area contributed by atoms with Crippen LogP contribution >= 0.6 is 0 Å². The molecule has 3 N–H and O–H groups in total. The second-order valence-corrected chi connectivity index (χ2v) is 6.42. The largest absolute Gasteiger partial charge is 0.390 e. The number of ether oxygens (including phenoxy) is 1. The number of aromatic amines is 1. The van der Waals surface area contributed by atoms with Gasteiger partial charge in [0.2, 0.25) is 10.0 Å². The third-order valence-electron chi connectivity index (χ3n) is 3.20. The van der Waals surface area contributed by atoms with Gasteiger partial charge in [0.25, 0.3) is 0 Å². The fourth-order valence-electron chi connectivity index (χ4n) is 2.20. The van der Waals surface area contributed by atoms with E-state index < -0.39 is 16.6 Å². The number of aromatic nitrogens is 2. The van der Waals surface area contributed by atoms with E-state index in [9.17, 15) is 8.42 Å². The van der Waals surface area contributed by atoms with E-state index in [2.05, 4.69) is 14.9 Å². The molecule has 0 saturated carbocycles. The van der Waals surface area contributed by atoms with Crippen LogP contribution in [0, 0.1) is 12.8 Å². The number of aliphatic hydroxyl groups excluding tert-OH is 1. The summed E-state index contributed by atoms with van der Waals surface area (Å²) < 4.78 is 32.3. The van der Waals surface area contributed by atoms with Crippen molar-refractivity contribution in [1.82, 2.24) is 14.9 Å². The smallest absolute Gasteiger partial charge is 0.244 e. The minimum atomic E-state index is -3.65. The highest BCUT2D eigenvalue weighted by Gasteiger charge is 2.25. The Hall–Kier alpha value is -0.960. The van der Waals surface area contributed by atoms with Crippen molar-refractivity contribution in [3.05, 3.63) is 11.4 Å². The second-order valence-electron chi connectivity index (χ2n) is 4.72. The van der Waals surface area contributed by atoms with E-state index in [1.807, 2.05) is 0 Å². The first kappa shape index (κ1) is 14.4. The molecular formula is C11H19N3O4S. The molecule has 0 radical (unpaired) electrons. The predicted molar refractivity (Wildman–Crippen MR) is 68.0 cm³/mol. The molecule has 1 aliphatic heterocycles. The van der Waals surface area contributed by atoms with Gasteiger partial charge >= 0.3 is 0 Å². The number of sulfonamides is 1. The molecule has 1 fully saturated rings. The van der Waals surface area contributed by atoms with Crippen molar-refractivity contribution in [2.75, 3.05) is 19.8 Å². The zero-order chi connectivity index (χ0) is 13.9. The number of rotatable bonds is 5. The van der Waals surface area contributed by atoms with E-state index in [-0.39, 0.29) is 16.5 Å². The van der Waals surface area contributed by atoms with E-state index in [0.717, 1.165) is 19.4 Å². The standard InChI is InChI=1S/C11H19N3O4S/c1-8-11(10(6-15)14-13-8)19(16,17)12-5-9-3-2-4-18-7-9/h9,12,15H,2-7H2,1H3,(H,13,14). The molecule has 19 heavy (non-hydrogen) atoms. The van der Waals surface area contributed by atoms with Gasteiger partial charge in [-0.2, -0.15) is 5.10 Å². The normalized spacial score (nSPS) is 20.6. The molecule has 0 bridgehead atoms. The van der Waals surface area contributed by atoms with Crippen LogP contribution in [0.15, 0.2) is 4.90 Å². The first-order chi connectivity index (χ1) is 9.04. The van der Waals surface area contributed by atoms with Gasteiger partial charge in [-0.3, -0.25) is 5.10 Å². The molecule has 0 spiro atoms. The van der Waals surface area contributed by atoms with Crippen molar-refractivity contribution >= 4 is 10.0 Å². The monoisotopic (exact) mass is 289 g/mol. The van der Waals surface area contributed by atoms with Crippen molar-refractivity contribution in [2.24, 2.45) is 5.92 Å². The summed E-state index contributed by atoms with van der Waals surface area (Å²) in [6.45, 7) is 2.88. The maximum Gasteiger partial charge on any atom is 0.244 e. The van der Waals surface area contributed by atoms with Crippen LogP contribution in [0.3, 0.4) is 0 Å². The number of hydrogen-bond acceptors (Lipinski definition) is 5. The summed E-state index contributed by atoms with van der Waals surface area (Å²) in [5.74, 6) is 0.202. The third-order valence-corrected chi connectivity index (χ3v) is 4.82. The SMILES string of the molecule is Cc1[nH]nc(CO)c1S(=O)(=O)NCC1CCCOC1. The van der Waals surface area contributed by atoms with Gasteiger partial charge in [-0.05, 0) is 25.7 Å². The molecule has 1 aliphatic rings. The Labute approximate surface area is 112 Å². The van der Waals surface area contributed by atoms with Crippen LogP contribution in [0.25, 0.3) is 0 Å². The average molecular weight is 289 g/mol. The molecule has 2 heterocycles. The Kier molecular flexibility index (Phi) is 4.56. The molecule has 108 valence electrons. The molecule has 0 aliphatic carbocycles.